The van der Waals surface area contributed by atoms with Gasteiger partial charge in [-0.15, -0.1) is 11.3 Å². The normalized spacial score (nSPS) is 12.7. The lowest BCUT2D eigenvalue weighted by Gasteiger charge is -2.13. The van der Waals surface area contributed by atoms with E-state index < -0.39 is 0 Å². The molecule has 1 atom stereocenters. The molecule has 102 valence electrons. The molecule has 0 spiro atoms. The summed E-state index contributed by atoms with van der Waals surface area (Å²) in [5.74, 6) is 0. The van der Waals surface area contributed by atoms with Crippen LogP contribution in [0.15, 0.2) is 52.4 Å². The summed E-state index contributed by atoms with van der Waals surface area (Å²) in [7, 11) is 0. The molecule has 0 fully saturated rings. The molecule has 0 radical (unpaired) electrons. The molecule has 0 bridgehead atoms. The van der Waals surface area contributed by atoms with Crippen molar-refractivity contribution in [3.8, 4) is 0 Å². The molecule has 0 amide bonds. The van der Waals surface area contributed by atoms with Crippen LogP contribution >= 0.6 is 27.3 Å². The van der Waals surface area contributed by atoms with Gasteiger partial charge in [0.2, 0.25) is 0 Å². The second-order valence-electron chi connectivity index (χ2n) is 4.72. The van der Waals surface area contributed by atoms with Gasteiger partial charge in [0.15, 0.2) is 0 Å². The van der Waals surface area contributed by atoms with Crippen LogP contribution in [0, 0.1) is 0 Å². The van der Waals surface area contributed by atoms with Gasteiger partial charge in [0.1, 0.15) is 0 Å². The number of nitrogens with one attached hydrogen (secondary N) is 1. The summed E-state index contributed by atoms with van der Waals surface area (Å²) in [6.07, 6.45) is 1.85. The minimum atomic E-state index is 0.359. The Morgan fingerprint density at radius 1 is 1.25 bits per heavy atom. The molecule has 0 saturated heterocycles. The molecular weight excluding hydrogens is 332 g/mol. The number of aromatic nitrogens is 1. The van der Waals surface area contributed by atoms with Crippen molar-refractivity contribution in [3.63, 3.8) is 0 Å². The molecule has 1 N–H and O–H groups in total. The first-order chi connectivity index (χ1) is 9.75. The molecule has 0 aliphatic heterocycles. The summed E-state index contributed by atoms with van der Waals surface area (Å²) in [5.41, 5.74) is 2.29. The maximum Gasteiger partial charge on any atom is 0.0758 e. The van der Waals surface area contributed by atoms with Crippen LogP contribution in [-0.4, -0.2) is 4.98 Å². The zero-order valence-electron chi connectivity index (χ0n) is 11.1. The van der Waals surface area contributed by atoms with Gasteiger partial charge < -0.3 is 5.32 Å². The summed E-state index contributed by atoms with van der Waals surface area (Å²) in [5, 5.41) is 6.85. The number of hydrogen-bond acceptors (Lipinski definition) is 3. The van der Waals surface area contributed by atoms with Crippen LogP contribution in [0.25, 0.3) is 10.9 Å². The first-order valence-electron chi connectivity index (χ1n) is 6.54. The number of halogens is 1. The monoisotopic (exact) mass is 346 g/mol. The first kappa shape index (κ1) is 13.7. The van der Waals surface area contributed by atoms with Crippen LogP contribution in [0.4, 0.5) is 0 Å². The quantitative estimate of drug-likeness (QED) is 0.725. The predicted molar refractivity (Wildman–Crippen MR) is 89.0 cm³/mol. The van der Waals surface area contributed by atoms with Crippen molar-refractivity contribution >= 4 is 38.2 Å². The van der Waals surface area contributed by atoms with E-state index in [2.05, 4.69) is 68.9 Å². The van der Waals surface area contributed by atoms with Crippen LogP contribution in [0.5, 0.6) is 0 Å². The number of thiophene rings is 1. The molecule has 0 aliphatic carbocycles. The third-order valence-electron chi connectivity index (χ3n) is 3.37. The van der Waals surface area contributed by atoms with Crippen LogP contribution in [0.3, 0.4) is 0 Å². The van der Waals surface area contributed by atoms with E-state index in [0.29, 0.717) is 6.04 Å². The van der Waals surface area contributed by atoms with Crippen molar-refractivity contribution in [1.82, 2.24) is 10.3 Å². The lowest BCUT2D eigenvalue weighted by molar-refractivity contribution is 0.584. The number of hydrogen-bond donors (Lipinski definition) is 1. The average Bonchev–Trinajstić information content (AvgIpc) is 3.01. The van der Waals surface area contributed by atoms with Crippen molar-refractivity contribution in [1.29, 1.82) is 0 Å². The van der Waals surface area contributed by atoms with Crippen molar-refractivity contribution < 1.29 is 0 Å². The topological polar surface area (TPSA) is 24.9 Å². The van der Waals surface area contributed by atoms with Crippen LogP contribution in [0.1, 0.15) is 23.4 Å². The van der Waals surface area contributed by atoms with Gasteiger partial charge >= 0.3 is 0 Å². The zero-order chi connectivity index (χ0) is 13.9. The highest BCUT2D eigenvalue weighted by molar-refractivity contribution is 9.10. The van der Waals surface area contributed by atoms with E-state index in [0.717, 1.165) is 21.9 Å². The second-order valence-corrected chi connectivity index (χ2v) is 6.56. The molecule has 1 aromatic carbocycles. The van der Waals surface area contributed by atoms with E-state index >= 15 is 0 Å². The molecule has 2 nitrogen and oxygen atoms in total. The van der Waals surface area contributed by atoms with Gasteiger partial charge in [-0.2, -0.15) is 0 Å². The Balaban J connectivity index is 1.83. The van der Waals surface area contributed by atoms with Gasteiger partial charge in [-0.3, -0.25) is 4.98 Å². The van der Waals surface area contributed by atoms with E-state index in [1.807, 2.05) is 12.3 Å². The lowest BCUT2D eigenvalue weighted by atomic mass is 10.1. The Kier molecular flexibility index (Phi) is 4.15. The highest BCUT2D eigenvalue weighted by atomic mass is 79.9. The fourth-order valence-electron chi connectivity index (χ4n) is 2.24. The molecule has 2 heterocycles. The SMILES string of the molecule is C[C@@H](NCc1ccc(Br)c2cccnc12)c1cccs1. The van der Waals surface area contributed by atoms with E-state index in [9.17, 15) is 0 Å². The molecular formula is C16H15BrN2S. The smallest absolute Gasteiger partial charge is 0.0758 e. The second kappa shape index (κ2) is 6.04. The van der Waals surface area contributed by atoms with E-state index in [1.54, 1.807) is 11.3 Å². The highest BCUT2D eigenvalue weighted by Gasteiger charge is 2.09. The summed E-state index contributed by atoms with van der Waals surface area (Å²) in [4.78, 5) is 5.88. The van der Waals surface area contributed by atoms with Crippen LogP contribution in [-0.2, 0) is 6.54 Å². The number of nitrogens with zero attached hydrogens (tertiary/aromatic N) is 1. The van der Waals surface area contributed by atoms with Gasteiger partial charge in [0.25, 0.3) is 0 Å². The molecule has 0 unspecified atom stereocenters. The standard InChI is InChI=1S/C16H15BrN2S/c1-11(15-5-3-9-20-15)19-10-12-6-7-14(17)13-4-2-8-18-16(12)13/h2-9,11,19H,10H2,1H3/t11-/m1/s1. The fourth-order valence-corrected chi connectivity index (χ4v) is 3.45. The summed E-state index contributed by atoms with van der Waals surface area (Å²) < 4.78 is 1.09. The van der Waals surface area contributed by atoms with Crippen molar-refractivity contribution in [3.05, 3.63) is 62.9 Å². The van der Waals surface area contributed by atoms with Crippen LogP contribution in [0.2, 0.25) is 0 Å². The summed E-state index contributed by atoms with van der Waals surface area (Å²) in [6, 6.07) is 12.9. The van der Waals surface area contributed by atoms with Gasteiger partial charge in [0.05, 0.1) is 5.52 Å². The molecule has 2 aromatic heterocycles. The molecule has 3 aromatic rings. The number of rotatable bonds is 4. The Bertz CT molecular complexity index is 710. The van der Waals surface area contributed by atoms with Gasteiger partial charge in [-0.1, -0.05) is 34.1 Å². The summed E-state index contributed by atoms with van der Waals surface area (Å²) >= 11 is 5.37. The zero-order valence-corrected chi connectivity index (χ0v) is 13.5. The maximum atomic E-state index is 4.52. The molecule has 0 saturated carbocycles. The van der Waals surface area contributed by atoms with Gasteiger partial charge in [-0.25, -0.2) is 0 Å². The third-order valence-corrected chi connectivity index (χ3v) is 5.12. The number of benzene rings is 1. The van der Waals surface area contributed by atoms with Crippen LogP contribution < -0.4 is 5.32 Å². The highest BCUT2D eigenvalue weighted by Crippen LogP contribution is 2.26. The first-order valence-corrected chi connectivity index (χ1v) is 8.22. The van der Waals surface area contributed by atoms with Gasteiger partial charge in [0, 0.05) is 33.5 Å². The van der Waals surface area contributed by atoms with Gasteiger partial charge in [-0.05, 0) is 36.1 Å². The Labute approximate surface area is 131 Å². The lowest BCUT2D eigenvalue weighted by Crippen LogP contribution is -2.17. The number of fused-ring (bicyclic) bond motifs is 1. The van der Waals surface area contributed by atoms with E-state index in [-0.39, 0.29) is 0 Å². The summed E-state index contributed by atoms with van der Waals surface area (Å²) in [6.45, 7) is 3.01. The van der Waals surface area contributed by atoms with E-state index in [1.165, 1.54) is 10.4 Å². The molecule has 3 rings (SSSR count). The van der Waals surface area contributed by atoms with Crippen molar-refractivity contribution in [2.75, 3.05) is 0 Å². The van der Waals surface area contributed by atoms with Crippen molar-refractivity contribution in [2.45, 2.75) is 19.5 Å². The Morgan fingerprint density at radius 2 is 2.15 bits per heavy atom. The molecule has 20 heavy (non-hydrogen) atoms. The third kappa shape index (κ3) is 2.77. The predicted octanol–water partition coefficient (Wildman–Crippen LogP) is 4.91. The molecule has 4 heteroatoms. The largest absolute Gasteiger partial charge is 0.305 e. The minimum Gasteiger partial charge on any atom is -0.305 e. The Hall–Kier alpha value is -1.23. The van der Waals surface area contributed by atoms with Crippen molar-refractivity contribution in [2.24, 2.45) is 0 Å². The maximum absolute atomic E-state index is 4.52. The van der Waals surface area contributed by atoms with E-state index in [4.69, 9.17) is 0 Å². The Morgan fingerprint density at radius 3 is 2.95 bits per heavy atom. The average molecular weight is 347 g/mol. The molecule has 0 aliphatic rings. The minimum absolute atomic E-state index is 0.359. The number of pyridine rings is 1. The fraction of sp³-hybridized carbons (Fsp3) is 0.188.